The molecule has 1 unspecified atom stereocenters. The standard InChI is InChI=1S/C30H34ClF3N4O7S/c1-16(2)23(29(43)36-28(42)22-6-5-15-38(22)24(17(3)4)25(39)30(32,33)34)35-26(40)18-7-9-19(10-8-18)27(41)37-46(44,45)21-13-11-20(31)12-14-21/h7-14,16-17,22-24H,5-6,15H2,1-4H3,(H,35,40)(H,37,41)(H,36,42,43)/t22-,23-,24?/m0/s1. The fourth-order valence-corrected chi connectivity index (χ4v) is 6.18. The molecule has 1 aliphatic heterocycles. The van der Waals surface area contributed by atoms with Crippen LogP contribution in [0, 0.1) is 11.8 Å². The molecular formula is C30H34ClF3N4O7S. The van der Waals surface area contributed by atoms with Gasteiger partial charge in [0, 0.05) is 16.1 Å². The van der Waals surface area contributed by atoms with Crippen LogP contribution >= 0.6 is 11.6 Å². The minimum Gasteiger partial charge on any atom is -0.340 e. The first kappa shape index (κ1) is 36.6. The van der Waals surface area contributed by atoms with Gasteiger partial charge >= 0.3 is 6.18 Å². The van der Waals surface area contributed by atoms with Crippen LogP contribution in [0.5, 0.6) is 0 Å². The van der Waals surface area contributed by atoms with E-state index in [4.69, 9.17) is 11.6 Å². The van der Waals surface area contributed by atoms with Gasteiger partial charge in [-0.25, -0.2) is 13.1 Å². The highest BCUT2D eigenvalue weighted by molar-refractivity contribution is 7.90. The molecule has 1 saturated heterocycles. The lowest BCUT2D eigenvalue weighted by Crippen LogP contribution is -2.58. The molecule has 0 spiro atoms. The van der Waals surface area contributed by atoms with Crippen LogP contribution in [0.2, 0.25) is 5.02 Å². The average molecular weight is 687 g/mol. The zero-order valence-corrected chi connectivity index (χ0v) is 26.9. The molecule has 11 nitrogen and oxygen atoms in total. The van der Waals surface area contributed by atoms with E-state index in [9.17, 15) is 45.6 Å². The molecule has 1 heterocycles. The quantitative estimate of drug-likeness (QED) is 0.324. The van der Waals surface area contributed by atoms with Crippen molar-refractivity contribution in [2.24, 2.45) is 11.8 Å². The molecule has 0 saturated carbocycles. The van der Waals surface area contributed by atoms with E-state index in [2.05, 4.69) is 10.6 Å². The Bertz CT molecular complexity index is 1580. The summed E-state index contributed by atoms with van der Waals surface area (Å²) in [7, 11) is -4.20. The first-order valence-electron chi connectivity index (χ1n) is 14.3. The van der Waals surface area contributed by atoms with Crippen molar-refractivity contribution in [1.29, 1.82) is 0 Å². The fourth-order valence-electron chi connectivity index (χ4n) is 5.08. The average Bonchev–Trinajstić information content (AvgIpc) is 3.44. The summed E-state index contributed by atoms with van der Waals surface area (Å²) in [6.07, 6.45) is -4.63. The number of halogens is 4. The molecule has 1 aliphatic rings. The van der Waals surface area contributed by atoms with Gasteiger partial charge in [0.2, 0.25) is 11.8 Å². The highest BCUT2D eigenvalue weighted by Gasteiger charge is 2.50. The molecule has 16 heteroatoms. The summed E-state index contributed by atoms with van der Waals surface area (Å²) < 4.78 is 66.8. The maximum atomic E-state index is 13.3. The summed E-state index contributed by atoms with van der Waals surface area (Å²) in [5.41, 5.74) is -0.0723. The van der Waals surface area contributed by atoms with Crippen LogP contribution in [0.1, 0.15) is 61.3 Å². The van der Waals surface area contributed by atoms with E-state index in [1.165, 1.54) is 67.3 Å². The topological polar surface area (TPSA) is 159 Å². The summed E-state index contributed by atoms with van der Waals surface area (Å²) >= 11 is 5.77. The number of sulfonamides is 1. The number of alkyl halides is 3. The van der Waals surface area contributed by atoms with Crippen LogP contribution in [0.3, 0.4) is 0 Å². The molecule has 0 aromatic heterocycles. The van der Waals surface area contributed by atoms with Crippen molar-refractivity contribution in [3.63, 3.8) is 0 Å². The molecule has 3 N–H and O–H groups in total. The maximum absolute atomic E-state index is 13.3. The molecule has 0 bridgehead atoms. The van der Waals surface area contributed by atoms with E-state index in [1.807, 2.05) is 4.72 Å². The van der Waals surface area contributed by atoms with Gasteiger partial charge in [-0.3, -0.25) is 34.2 Å². The van der Waals surface area contributed by atoms with Gasteiger partial charge in [-0.1, -0.05) is 39.3 Å². The number of Topliss-reactive ketones (excluding diaryl/α,β-unsaturated/α-hetero) is 1. The fraction of sp³-hybridized carbons (Fsp3) is 0.433. The van der Waals surface area contributed by atoms with E-state index in [0.717, 1.165) is 0 Å². The van der Waals surface area contributed by atoms with Crippen molar-refractivity contribution < 1.29 is 45.6 Å². The molecule has 1 fully saturated rings. The number of nitrogens with zero attached hydrogens (tertiary/aromatic N) is 1. The number of ketones is 1. The Balaban J connectivity index is 1.67. The number of nitrogens with one attached hydrogen (secondary N) is 3. The lowest BCUT2D eigenvalue weighted by molar-refractivity contribution is -0.179. The molecular weight excluding hydrogens is 653 g/mol. The third-order valence-corrected chi connectivity index (χ3v) is 8.97. The predicted molar refractivity (Wildman–Crippen MR) is 161 cm³/mol. The molecule has 0 radical (unpaired) electrons. The molecule has 250 valence electrons. The van der Waals surface area contributed by atoms with Crippen molar-refractivity contribution >= 4 is 51.0 Å². The van der Waals surface area contributed by atoms with Gasteiger partial charge < -0.3 is 5.32 Å². The number of hydrogen-bond acceptors (Lipinski definition) is 8. The van der Waals surface area contributed by atoms with Gasteiger partial charge in [-0.15, -0.1) is 0 Å². The maximum Gasteiger partial charge on any atom is 0.451 e. The summed E-state index contributed by atoms with van der Waals surface area (Å²) in [4.78, 5) is 64.9. The van der Waals surface area contributed by atoms with Gasteiger partial charge in [0.05, 0.1) is 17.0 Å². The van der Waals surface area contributed by atoms with Crippen LogP contribution in [-0.2, 0) is 24.4 Å². The number of likely N-dealkylation sites (tertiary alicyclic amines) is 1. The number of carbonyl (C=O) groups excluding carboxylic acids is 5. The first-order valence-corrected chi connectivity index (χ1v) is 16.1. The Kier molecular flexibility index (Phi) is 11.7. The third kappa shape index (κ3) is 8.91. The minimum atomic E-state index is -5.10. The number of hydrogen-bond donors (Lipinski definition) is 3. The Hall–Kier alpha value is -3.82. The Morgan fingerprint density at radius 2 is 1.41 bits per heavy atom. The lowest BCUT2D eigenvalue weighted by atomic mass is 9.96. The van der Waals surface area contributed by atoms with Crippen molar-refractivity contribution in [2.75, 3.05) is 6.54 Å². The second-order valence-electron chi connectivity index (χ2n) is 11.5. The van der Waals surface area contributed by atoms with E-state index in [1.54, 1.807) is 13.8 Å². The van der Waals surface area contributed by atoms with Crippen LogP contribution in [0.25, 0.3) is 0 Å². The van der Waals surface area contributed by atoms with E-state index in [0.29, 0.717) is 11.4 Å². The molecule has 3 atom stereocenters. The summed E-state index contributed by atoms with van der Waals surface area (Å²) in [5, 5.41) is 4.99. The van der Waals surface area contributed by atoms with Gasteiger partial charge in [-0.2, -0.15) is 13.2 Å². The second kappa shape index (κ2) is 14.7. The molecule has 3 rings (SSSR count). The molecule has 46 heavy (non-hydrogen) atoms. The third-order valence-electron chi connectivity index (χ3n) is 7.38. The van der Waals surface area contributed by atoms with Gasteiger partial charge in [0.15, 0.2) is 0 Å². The van der Waals surface area contributed by atoms with Crippen molar-refractivity contribution in [1.82, 2.24) is 20.3 Å². The molecule has 0 aliphatic carbocycles. The zero-order chi connectivity index (χ0) is 34.6. The van der Waals surface area contributed by atoms with Crippen molar-refractivity contribution in [3.05, 3.63) is 64.7 Å². The minimum absolute atomic E-state index is 0.00860. The number of amides is 4. The summed E-state index contributed by atoms with van der Waals surface area (Å²) in [5.74, 6) is -6.75. The predicted octanol–water partition coefficient (Wildman–Crippen LogP) is 3.48. The molecule has 2 aromatic rings. The Morgan fingerprint density at radius 3 is 1.91 bits per heavy atom. The number of imide groups is 1. The van der Waals surface area contributed by atoms with Crippen LogP contribution in [0.4, 0.5) is 13.2 Å². The van der Waals surface area contributed by atoms with Crippen molar-refractivity contribution in [2.45, 2.75) is 69.7 Å². The lowest BCUT2D eigenvalue weighted by Gasteiger charge is -2.34. The number of rotatable bonds is 11. The highest BCUT2D eigenvalue weighted by atomic mass is 35.5. The Morgan fingerprint density at radius 1 is 0.870 bits per heavy atom. The normalized spacial score (nSPS) is 17.0. The zero-order valence-electron chi connectivity index (χ0n) is 25.4. The Labute approximate surface area is 269 Å². The summed E-state index contributed by atoms with van der Waals surface area (Å²) in [6, 6.07) is 6.03. The van der Waals surface area contributed by atoms with E-state index >= 15 is 0 Å². The van der Waals surface area contributed by atoms with E-state index < -0.39 is 75.6 Å². The SMILES string of the molecule is CC(C)C(C(=O)C(F)(F)F)N1CCC[C@H]1C(=O)NC(=O)[C@@H](NC(=O)c1ccc(C(=O)NS(=O)(=O)c2ccc(Cl)cc2)cc1)C(C)C. The first-order chi connectivity index (χ1) is 21.3. The highest BCUT2D eigenvalue weighted by Crippen LogP contribution is 2.30. The summed E-state index contributed by atoms with van der Waals surface area (Å²) in [6.45, 7) is 6.14. The second-order valence-corrected chi connectivity index (χ2v) is 13.6. The largest absolute Gasteiger partial charge is 0.451 e. The number of carbonyl (C=O) groups is 5. The van der Waals surface area contributed by atoms with Gasteiger partial charge in [0.1, 0.15) is 6.04 Å². The van der Waals surface area contributed by atoms with Gasteiger partial charge in [0.25, 0.3) is 27.6 Å². The van der Waals surface area contributed by atoms with Crippen LogP contribution in [-0.4, -0.2) is 73.6 Å². The van der Waals surface area contributed by atoms with Crippen LogP contribution in [0.15, 0.2) is 53.4 Å². The monoisotopic (exact) mass is 686 g/mol. The van der Waals surface area contributed by atoms with Crippen LogP contribution < -0.4 is 15.4 Å². The number of benzene rings is 2. The molecule has 4 amide bonds. The van der Waals surface area contributed by atoms with Crippen molar-refractivity contribution in [3.8, 4) is 0 Å². The smallest absolute Gasteiger partial charge is 0.340 e. The van der Waals surface area contributed by atoms with E-state index in [-0.39, 0.29) is 29.0 Å². The van der Waals surface area contributed by atoms with Gasteiger partial charge in [-0.05, 0) is 79.8 Å². The molecule has 2 aromatic carbocycles.